The van der Waals surface area contributed by atoms with Gasteiger partial charge in [0.2, 0.25) is 11.8 Å². The molecule has 4 aliphatic rings. The van der Waals surface area contributed by atoms with E-state index < -0.39 is 16.9 Å². The highest BCUT2D eigenvalue weighted by molar-refractivity contribution is 9.10. The first-order chi connectivity index (χ1) is 17.4. The Kier molecular flexibility index (Phi) is 4.63. The van der Waals surface area contributed by atoms with Gasteiger partial charge < -0.3 is 10.6 Å². The van der Waals surface area contributed by atoms with E-state index in [1.54, 1.807) is 30.3 Å². The van der Waals surface area contributed by atoms with Gasteiger partial charge in [0, 0.05) is 38.0 Å². The molecule has 8 heteroatoms. The molecule has 6 nitrogen and oxygen atoms in total. The van der Waals surface area contributed by atoms with Crippen molar-refractivity contribution in [1.29, 1.82) is 0 Å². The maximum Gasteiger partial charge on any atom is 0.250 e. The standard InChI is InChI=1S/C28H21BrClN3O3/c29-16-9-7-15(8-10-16)23(34)24-27(18-4-1-2-5-20(18)31-25(27)35)22-6-3-13-33(22)28(24)19-14-17(30)11-12-21(19)32-26(28)36/h1-2,4-5,7-12,14,22,24H,3,6,13H2,(H,31,35)(H,32,36). The van der Waals surface area contributed by atoms with Crippen molar-refractivity contribution < 1.29 is 14.4 Å². The van der Waals surface area contributed by atoms with Crippen LogP contribution in [0.4, 0.5) is 11.4 Å². The molecule has 2 amide bonds. The predicted octanol–water partition coefficient (Wildman–Crippen LogP) is 5.12. The van der Waals surface area contributed by atoms with Crippen molar-refractivity contribution in [3.05, 3.63) is 92.9 Å². The number of anilines is 2. The molecule has 3 aromatic rings. The largest absolute Gasteiger partial charge is 0.325 e. The van der Waals surface area contributed by atoms with E-state index in [0.717, 1.165) is 16.5 Å². The number of nitrogens with one attached hydrogen (secondary N) is 2. The number of Topliss-reactive ketones (excluding diaryl/α,β-unsaturated/α-hetero) is 1. The Morgan fingerprint density at radius 1 is 0.944 bits per heavy atom. The highest BCUT2D eigenvalue weighted by atomic mass is 79.9. The Morgan fingerprint density at radius 3 is 2.47 bits per heavy atom. The zero-order chi connectivity index (χ0) is 24.8. The van der Waals surface area contributed by atoms with Crippen molar-refractivity contribution in [2.75, 3.05) is 17.2 Å². The first-order valence-electron chi connectivity index (χ1n) is 12.0. The summed E-state index contributed by atoms with van der Waals surface area (Å²) >= 11 is 9.92. The average molecular weight is 563 g/mol. The van der Waals surface area contributed by atoms with Crippen molar-refractivity contribution in [2.45, 2.75) is 29.8 Å². The van der Waals surface area contributed by atoms with E-state index in [1.807, 2.05) is 36.4 Å². The second-order valence-electron chi connectivity index (χ2n) is 9.93. The summed E-state index contributed by atoms with van der Waals surface area (Å²) in [6.07, 6.45) is 1.53. The van der Waals surface area contributed by atoms with E-state index in [4.69, 9.17) is 11.6 Å². The number of rotatable bonds is 2. The van der Waals surface area contributed by atoms with Crippen LogP contribution in [0.1, 0.15) is 34.3 Å². The first-order valence-corrected chi connectivity index (χ1v) is 13.2. The number of hydrogen-bond acceptors (Lipinski definition) is 4. The molecule has 2 spiro atoms. The number of benzene rings is 3. The molecule has 2 N–H and O–H groups in total. The highest BCUT2D eigenvalue weighted by Crippen LogP contribution is 2.66. The molecule has 0 aliphatic carbocycles. The van der Waals surface area contributed by atoms with Crippen LogP contribution in [0.25, 0.3) is 0 Å². The molecule has 3 aromatic carbocycles. The highest BCUT2D eigenvalue weighted by Gasteiger charge is 2.78. The summed E-state index contributed by atoms with van der Waals surface area (Å²) in [6, 6.07) is 19.7. The summed E-state index contributed by atoms with van der Waals surface area (Å²) < 4.78 is 0.843. The van der Waals surface area contributed by atoms with E-state index in [9.17, 15) is 14.4 Å². The van der Waals surface area contributed by atoms with Gasteiger partial charge >= 0.3 is 0 Å². The lowest BCUT2D eigenvalue weighted by atomic mass is 9.60. The summed E-state index contributed by atoms with van der Waals surface area (Å²) in [4.78, 5) is 45.1. The van der Waals surface area contributed by atoms with E-state index in [1.165, 1.54) is 0 Å². The number of halogens is 2. The minimum absolute atomic E-state index is 0.226. The molecular formula is C28H21BrClN3O3. The van der Waals surface area contributed by atoms with Gasteiger partial charge in [0.1, 0.15) is 11.0 Å². The number of ketones is 1. The van der Waals surface area contributed by atoms with Gasteiger partial charge in [0.25, 0.3) is 0 Å². The normalized spacial score (nSPS) is 29.8. The van der Waals surface area contributed by atoms with Gasteiger partial charge in [-0.2, -0.15) is 0 Å². The third-order valence-electron chi connectivity index (χ3n) is 8.48. The Bertz CT molecular complexity index is 1490. The summed E-state index contributed by atoms with van der Waals surface area (Å²) in [5.41, 5.74) is 0.651. The van der Waals surface area contributed by atoms with Gasteiger partial charge in [-0.1, -0.05) is 57.9 Å². The van der Waals surface area contributed by atoms with Crippen LogP contribution in [-0.4, -0.2) is 35.1 Å². The lowest BCUT2D eigenvalue weighted by Gasteiger charge is -2.38. The molecule has 180 valence electrons. The number of fused-ring (bicyclic) bond motifs is 7. The van der Waals surface area contributed by atoms with Crippen LogP contribution in [0.2, 0.25) is 5.02 Å². The van der Waals surface area contributed by atoms with Gasteiger partial charge in [0.15, 0.2) is 5.78 Å². The van der Waals surface area contributed by atoms with Crippen molar-refractivity contribution in [1.82, 2.24) is 4.90 Å². The van der Waals surface area contributed by atoms with Gasteiger partial charge in [-0.25, -0.2) is 0 Å². The quantitative estimate of drug-likeness (QED) is 0.425. The van der Waals surface area contributed by atoms with Gasteiger partial charge in [0.05, 0.1) is 5.92 Å². The first kappa shape index (κ1) is 22.2. The number of nitrogens with zero attached hydrogens (tertiary/aromatic N) is 1. The topological polar surface area (TPSA) is 78.5 Å². The molecule has 0 bridgehead atoms. The second kappa shape index (κ2) is 7.51. The molecule has 0 radical (unpaired) electrons. The van der Waals surface area contributed by atoms with Gasteiger partial charge in [-0.3, -0.25) is 19.3 Å². The number of amides is 2. The predicted molar refractivity (Wildman–Crippen MR) is 140 cm³/mol. The number of hydrogen-bond donors (Lipinski definition) is 2. The molecule has 0 aromatic heterocycles. The van der Waals surface area contributed by atoms with Crippen LogP contribution in [0.5, 0.6) is 0 Å². The molecule has 2 saturated heterocycles. The molecule has 2 fully saturated rings. The molecular weight excluding hydrogens is 542 g/mol. The minimum Gasteiger partial charge on any atom is -0.325 e. The van der Waals surface area contributed by atoms with Crippen LogP contribution >= 0.6 is 27.5 Å². The third kappa shape index (κ3) is 2.53. The van der Waals surface area contributed by atoms with Crippen LogP contribution in [0.3, 0.4) is 0 Å². The van der Waals surface area contributed by atoms with Gasteiger partial charge in [-0.15, -0.1) is 0 Å². The van der Waals surface area contributed by atoms with Gasteiger partial charge in [-0.05, 0) is 61.3 Å². The molecule has 4 unspecified atom stereocenters. The van der Waals surface area contributed by atoms with Crippen LogP contribution in [0, 0.1) is 5.92 Å². The maximum atomic E-state index is 14.7. The Labute approximate surface area is 221 Å². The van der Waals surface area contributed by atoms with Crippen molar-refractivity contribution in [3.63, 3.8) is 0 Å². The molecule has 4 heterocycles. The smallest absolute Gasteiger partial charge is 0.250 e. The average Bonchev–Trinajstić information content (AvgIpc) is 3.58. The van der Waals surface area contributed by atoms with Crippen molar-refractivity contribution in [2.24, 2.45) is 5.92 Å². The second-order valence-corrected chi connectivity index (χ2v) is 11.3. The Hall–Kier alpha value is -3.00. The molecule has 4 atom stereocenters. The Morgan fingerprint density at radius 2 is 1.67 bits per heavy atom. The van der Waals surface area contributed by atoms with E-state index in [-0.39, 0.29) is 23.6 Å². The number of carbonyl (C=O) groups is 3. The molecule has 4 aliphatic heterocycles. The summed E-state index contributed by atoms with van der Waals surface area (Å²) in [6.45, 7) is 0.603. The molecule has 36 heavy (non-hydrogen) atoms. The monoisotopic (exact) mass is 561 g/mol. The van der Waals surface area contributed by atoms with E-state index in [2.05, 4.69) is 31.5 Å². The summed E-state index contributed by atoms with van der Waals surface area (Å²) in [5, 5.41) is 6.57. The fourth-order valence-electron chi connectivity index (χ4n) is 7.30. The number of carbonyl (C=O) groups excluding carboxylic acids is 3. The van der Waals surface area contributed by atoms with Crippen LogP contribution in [0.15, 0.2) is 71.2 Å². The SMILES string of the molecule is O=C(c1ccc(Br)cc1)C1C2(C(=O)Nc3ccccc32)C2CCCN2C12C(=O)Nc1ccc(Cl)cc12. The van der Waals surface area contributed by atoms with E-state index >= 15 is 0 Å². The fourth-order valence-corrected chi connectivity index (χ4v) is 7.73. The fraction of sp³-hybridized carbons (Fsp3) is 0.250. The maximum absolute atomic E-state index is 14.7. The Balaban J connectivity index is 1.59. The molecule has 7 rings (SSSR count). The van der Waals surface area contributed by atoms with E-state index in [0.29, 0.717) is 40.5 Å². The molecule has 0 saturated carbocycles. The van der Waals surface area contributed by atoms with Crippen LogP contribution in [-0.2, 0) is 20.5 Å². The zero-order valence-corrected chi connectivity index (χ0v) is 21.4. The summed E-state index contributed by atoms with van der Waals surface area (Å²) in [7, 11) is 0. The minimum atomic E-state index is -1.36. The van der Waals surface area contributed by atoms with Crippen LogP contribution < -0.4 is 10.6 Å². The number of para-hydroxylation sites is 1. The lowest BCUT2D eigenvalue weighted by molar-refractivity contribution is -0.128. The van der Waals surface area contributed by atoms with Crippen molar-refractivity contribution >= 4 is 56.5 Å². The van der Waals surface area contributed by atoms with Crippen molar-refractivity contribution in [3.8, 4) is 0 Å². The zero-order valence-electron chi connectivity index (χ0n) is 19.1. The lowest BCUT2D eigenvalue weighted by Crippen LogP contribution is -2.55. The summed E-state index contributed by atoms with van der Waals surface area (Å²) in [5.74, 6) is -1.72. The third-order valence-corrected chi connectivity index (χ3v) is 9.24.